The predicted octanol–water partition coefficient (Wildman–Crippen LogP) is 3.48. The number of anilines is 1. The van der Waals surface area contributed by atoms with Crippen LogP contribution in [0, 0.1) is 11.2 Å². The number of H-pyrrole nitrogens is 1. The first-order valence-electron chi connectivity index (χ1n) is 11.8. The molecule has 200 valence electrons. The van der Waals surface area contributed by atoms with Crippen LogP contribution in [0.5, 0.6) is 0 Å². The lowest BCUT2D eigenvalue weighted by molar-refractivity contribution is -0.231. The second-order valence-electron chi connectivity index (χ2n) is 9.41. The summed E-state index contributed by atoms with van der Waals surface area (Å²) in [6.07, 6.45) is 3.51. The molecule has 0 aliphatic carbocycles. The van der Waals surface area contributed by atoms with Crippen LogP contribution < -0.4 is 10.0 Å². The van der Waals surface area contributed by atoms with Gasteiger partial charge in [0, 0.05) is 23.7 Å². The summed E-state index contributed by atoms with van der Waals surface area (Å²) < 4.78 is 56.4. The van der Waals surface area contributed by atoms with Crippen LogP contribution >= 0.6 is 0 Å². The van der Waals surface area contributed by atoms with Gasteiger partial charge in [-0.15, -0.1) is 0 Å². The number of nitrogens with zero attached hydrogens (tertiary/aromatic N) is 3. The van der Waals surface area contributed by atoms with Crippen LogP contribution in [-0.4, -0.2) is 54.4 Å². The maximum atomic E-state index is 13.6. The summed E-state index contributed by atoms with van der Waals surface area (Å²) in [7, 11) is -3.34. The maximum Gasteiger partial charge on any atom is 0.223 e. The van der Waals surface area contributed by atoms with Gasteiger partial charge < -0.3 is 24.2 Å². The zero-order valence-corrected chi connectivity index (χ0v) is 21.6. The van der Waals surface area contributed by atoms with Gasteiger partial charge in [0.2, 0.25) is 22.3 Å². The molecule has 1 aliphatic heterocycles. The number of imidazole rings is 1. The number of hydrogen-bond donors (Lipinski definition) is 3. The molecule has 13 heteroatoms. The van der Waals surface area contributed by atoms with E-state index in [-0.39, 0.29) is 25.6 Å². The van der Waals surface area contributed by atoms with Crippen LogP contribution in [0.15, 0.2) is 59.3 Å². The van der Waals surface area contributed by atoms with Crippen molar-refractivity contribution < 1.29 is 26.7 Å². The van der Waals surface area contributed by atoms with Crippen LogP contribution in [0.25, 0.3) is 22.6 Å². The van der Waals surface area contributed by atoms with E-state index in [2.05, 4.69) is 25.0 Å². The van der Waals surface area contributed by atoms with Gasteiger partial charge in [0.1, 0.15) is 11.6 Å². The summed E-state index contributed by atoms with van der Waals surface area (Å²) in [5.74, 6) is 1.17. The van der Waals surface area contributed by atoms with E-state index in [1.54, 1.807) is 36.7 Å². The van der Waals surface area contributed by atoms with Gasteiger partial charge >= 0.3 is 0 Å². The third kappa shape index (κ3) is 6.25. The number of hydrogen-bond acceptors (Lipinski definition) is 9. The van der Waals surface area contributed by atoms with Crippen molar-refractivity contribution in [1.29, 1.82) is 0 Å². The van der Waals surface area contributed by atoms with E-state index in [0.29, 0.717) is 41.0 Å². The molecule has 0 unspecified atom stereocenters. The summed E-state index contributed by atoms with van der Waals surface area (Å²) in [6.45, 7) is 2.95. The number of benzene rings is 1. The highest BCUT2D eigenvalue weighted by Gasteiger charge is 2.35. The number of aromatic nitrogens is 4. The summed E-state index contributed by atoms with van der Waals surface area (Å²) in [6, 6.07) is 11.4. The number of aromatic amines is 1. The van der Waals surface area contributed by atoms with Gasteiger partial charge in [-0.25, -0.2) is 32.5 Å². The molecule has 1 fully saturated rings. The minimum absolute atomic E-state index is 0.178. The monoisotopic (exact) mass is 542 g/mol. The minimum atomic E-state index is -3.34. The summed E-state index contributed by atoms with van der Waals surface area (Å²) in [5, 5.41) is 3.13. The normalized spacial score (nSPS) is 19.9. The molecule has 0 saturated carbocycles. The fourth-order valence-corrected chi connectivity index (χ4v) is 4.49. The summed E-state index contributed by atoms with van der Waals surface area (Å²) in [5.41, 5.74) is 1.80. The maximum absolute atomic E-state index is 13.6. The van der Waals surface area contributed by atoms with Crippen molar-refractivity contribution in [2.75, 3.05) is 31.3 Å². The summed E-state index contributed by atoms with van der Waals surface area (Å²) in [4.78, 5) is 16.9. The van der Waals surface area contributed by atoms with Crippen molar-refractivity contribution in [3.05, 3.63) is 72.3 Å². The molecule has 0 radical (unpaired) electrons. The Kier molecular flexibility index (Phi) is 7.25. The molecule has 1 saturated heterocycles. The molecule has 3 N–H and O–H groups in total. The van der Waals surface area contributed by atoms with Crippen LogP contribution in [0.4, 0.5) is 10.3 Å². The Morgan fingerprint density at radius 2 is 1.89 bits per heavy atom. The molecule has 4 heterocycles. The number of rotatable bonds is 9. The van der Waals surface area contributed by atoms with E-state index in [4.69, 9.17) is 18.9 Å². The van der Waals surface area contributed by atoms with Gasteiger partial charge in [0.15, 0.2) is 5.82 Å². The molecule has 5 rings (SSSR count). The highest BCUT2D eigenvalue weighted by atomic mass is 32.2. The molecular weight excluding hydrogens is 515 g/mol. The van der Waals surface area contributed by atoms with E-state index in [9.17, 15) is 12.8 Å². The number of halogens is 1. The van der Waals surface area contributed by atoms with Crippen LogP contribution in [0.1, 0.15) is 24.8 Å². The quantitative estimate of drug-likeness (QED) is 0.289. The molecule has 0 bridgehead atoms. The van der Waals surface area contributed by atoms with E-state index >= 15 is 0 Å². The lowest BCUT2D eigenvalue weighted by atomic mass is 9.92. The molecule has 0 spiro atoms. The third-order valence-electron chi connectivity index (χ3n) is 5.90. The first-order valence-corrected chi connectivity index (χ1v) is 13.7. The molecule has 0 amide bonds. The van der Waals surface area contributed by atoms with Gasteiger partial charge in [-0.1, -0.05) is 6.92 Å². The zero-order valence-electron chi connectivity index (χ0n) is 20.8. The Balaban J connectivity index is 1.40. The number of sulfonamides is 1. The Bertz CT molecular complexity index is 1480. The Morgan fingerprint density at radius 1 is 1.13 bits per heavy atom. The first-order chi connectivity index (χ1) is 18.2. The average molecular weight is 543 g/mol. The van der Waals surface area contributed by atoms with E-state index < -0.39 is 21.7 Å². The van der Waals surface area contributed by atoms with Gasteiger partial charge in [-0.3, -0.25) is 0 Å². The molecule has 0 atom stereocenters. The molecular formula is C25H27FN6O5S. The standard InChI is InChI=1S/C25H27FN6O5S/c1-25(13-29-38(2,33)34)14-36-23(37-15-25)22-31-20(16-5-7-17(26)8-6-16)21(32-22)19-9-10-27-24(30-19)28-12-18-4-3-11-35-18/h3-11,23,29H,12-15H2,1-2H3,(H,31,32)(H,27,28,30). The fourth-order valence-electron chi connectivity index (χ4n) is 3.88. The molecule has 38 heavy (non-hydrogen) atoms. The zero-order chi connectivity index (χ0) is 26.8. The Labute approximate surface area is 218 Å². The smallest absolute Gasteiger partial charge is 0.223 e. The van der Waals surface area contributed by atoms with Crippen molar-refractivity contribution in [2.24, 2.45) is 5.41 Å². The van der Waals surface area contributed by atoms with Gasteiger partial charge in [0.05, 0.1) is 49.4 Å². The molecule has 3 aromatic heterocycles. The van der Waals surface area contributed by atoms with E-state index in [1.807, 2.05) is 13.0 Å². The predicted molar refractivity (Wildman–Crippen MR) is 137 cm³/mol. The van der Waals surface area contributed by atoms with Gasteiger partial charge in [-0.05, 0) is 42.5 Å². The largest absolute Gasteiger partial charge is 0.467 e. The topological polar surface area (TPSA) is 144 Å². The number of ether oxygens (including phenoxy) is 2. The average Bonchev–Trinajstić information content (AvgIpc) is 3.58. The summed E-state index contributed by atoms with van der Waals surface area (Å²) >= 11 is 0. The fraction of sp³-hybridized carbons (Fsp3) is 0.320. The number of furan rings is 1. The Hall–Kier alpha value is -3.65. The van der Waals surface area contributed by atoms with Gasteiger partial charge in [-0.2, -0.15) is 0 Å². The molecule has 1 aromatic carbocycles. The highest BCUT2D eigenvalue weighted by molar-refractivity contribution is 7.88. The van der Waals surface area contributed by atoms with Crippen LogP contribution in [-0.2, 0) is 26.0 Å². The SMILES string of the molecule is CC1(CNS(C)(=O)=O)COC(c2nc(-c3ccc(F)cc3)c(-c3ccnc(NCc4ccco4)n3)[nH]2)OC1. The van der Waals surface area contributed by atoms with Crippen molar-refractivity contribution in [3.8, 4) is 22.6 Å². The number of nitrogens with one attached hydrogen (secondary N) is 3. The van der Waals surface area contributed by atoms with E-state index in [0.717, 1.165) is 12.0 Å². The minimum Gasteiger partial charge on any atom is -0.467 e. The lowest BCUT2D eigenvalue weighted by Crippen LogP contribution is -2.45. The molecule has 11 nitrogen and oxygen atoms in total. The highest BCUT2D eigenvalue weighted by Crippen LogP contribution is 2.35. The van der Waals surface area contributed by atoms with Crippen LogP contribution in [0.2, 0.25) is 0 Å². The van der Waals surface area contributed by atoms with Crippen molar-refractivity contribution >= 4 is 16.0 Å². The lowest BCUT2D eigenvalue weighted by Gasteiger charge is -2.36. The van der Waals surface area contributed by atoms with Crippen molar-refractivity contribution in [2.45, 2.75) is 19.8 Å². The van der Waals surface area contributed by atoms with Crippen LogP contribution in [0.3, 0.4) is 0 Å². The van der Waals surface area contributed by atoms with Gasteiger partial charge in [0.25, 0.3) is 0 Å². The second-order valence-corrected chi connectivity index (χ2v) is 11.2. The first kappa shape index (κ1) is 26.0. The third-order valence-corrected chi connectivity index (χ3v) is 6.57. The van der Waals surface area contributed by atoms with Crippen molar-refractivity contribution in [1.82, 2.24) is 24.7 Å². The van der Waals surface area contributed by atoms with Crippen molar-refractivity contribution in [3.63, 3.8) is 0 Å². The second kappa shape index (κ2) is 10.6. The molecule has 4 aromatic rings. The van der Waals surface area contributed by atoms with E-state index in [1.165, 1.54) is 12.1 Å². The Morgan fingerprint density at radius 3 is 2.58 bits per heavy atom. The molecule has 1 aliphatic rings.